The summed E-state index contributed by atoms with van der Waals surface area (Å²) in [5.41, 5.74) is 0. The van der Waals surface area contributed by atoms with E-state index in [1.165, 1.54) is 7.05 Å². The number of likely N-dealkylation sites (N-methyl/N-ethyl adjacent to an activating group) is 1. The SMILES string of the molecule is CNc1nc(Cl)nc(NC2CCC(=O)N(C)C2=O)n1. The van der Waals surface area contributed by atoms with Crippen LogP contribution < -0.4 is 10.6 Å². The van der Waals surface area contributed by atoms with Crippen LogP contribution in [0.25, 0.3) is 0 Å². The van der Waals surface area contributed by atoms with E-state index in [0.717, 1.165) is 4.90 Å². The molecule has 0 radical (unpaired) electrons. The summed E-state index contributed by atoms with van der Waals surface area (Å²) in [6.45, 7) is 0. The Morgan fingerprint density at radius 2 is 1.95 bits per heavy atom. The van der Waals surface area contributed by atoms with Gasteiger partial charge in [-0.25, -0.2) is 0 Å². The largest absolute Gasteiger partial charge is 0.357 e. The highest BCUT2D eigenvalue weighted by Crippen LogP contribution is 2.16. The van der Waals surface area contributed by atoms with Crippen LogP contribution >= 0.6 is 11.6 Å². The molecule has 2 amide bonds. The van der Waals surface area contributed by atoms with Crippen LogP contribution in [0, 0.1) is 0 Å². The molecule has 2 N–H and O–H groups in total. The Bertz CT molecular complexity index is 523. The van der Waals surface area contributed by atoms with Gasteiger partial charge < -0.3 is 10.6 Å². The molecule has 1 atom stereocenters. The van der Waals surface area contributed by atoms with Crippen molar-refractivity contribution in [3.63, 3.8) is 0 Å². The molecule has 0 saturated carbocycles. The Kier molecular flexibility index (Phi) is 3.79. The summed E-state index contributed by atoms with van der Waals surface area (Å²) >= 11 is 5.74. The lowest BCUT2D eigenvalue weighted by molar-refractivity contribution is -0.146. The number of piperidine rings is 1. The van der Waals surface area contributed by atoms with Gasteiger partial charge in [-0.2, -0.15) is 15.0 Å². The molecule has 0 aromatic carbocycles. The first kappa shape index (κ1) is 13.5. The second kappa shape index (κ2) is 5.35. The number of halogens is 1. The van der Waals surface area contributed by atoms with Gasteiger partial charge in [0.1, 0.15) is 6.04 Å². The minimum absolute atomic E-state index is 0.0227. The lowest BCUT2D eigenvalue weighted by Gasteiger charge is -2.28. The van der Waals surface area contributed by atoms with Gasteiger partial charge in [-0.3, -0.25) is 14.5 Å². The number of imide groups is 1. The van der Waals surface area contributed by atoms with Gasteiger partial charge in [-0.15, -0.1) is 0 Å². The van der Waals surface area contributed by atoms with Crippen LogP contribution in [0.1, 0.15) is 12.8 Å². The summed E-state index contributed by atoms with van der Waals surface area (Å²) in [4.78, 5) is 36.1. The molecule has 8 nitrogen and oxygen atoms in total. The average molecular weight is 285 g/mol. The zero-order valence-electron chi connectivity index (χ0n) is 10.5. The van der Waals surface area contributed by atoms with E-state index in [0.29, 0.717) is 18.8 Å². The smallest absolute Gasteiger partial charge is 0.251 e. The first-order chi connectivity index (χ1) is 9.01. The van der Waals surface area contributed by atoms with E-state index in [1.54, 1.807) is 7.05 Å². The maximum Gasteiger partial charge on any atom is 0.251 e. The number of anilines is 2. The Hall–Kier alpha value is -1.96. The first-order valence-electron chi connectivity index (χ1n) is 5.67. The van der Waals surface area contributed by atoms with E-state index in [1.807, 2.05) is 0 Å². The van der Waals surface area contributed by atoms with Crippen molar-refractivity contribution in [1.82, 2.24) is 19.9 Å². The summed E-state index contributed by atoms with van der Waals surface area (Å²) in [7, 11) is 3.10. The van der Waals surface area contributed by atoms with Crippen molar-refractivity contribution in [3.8, 4) is 0 Å². The van der Waals surface area contributed by atoms with Crippen LogP contribution in [-0.2, 0) is 9.59 Å². The predicted molar refractivity (Wildman–Crippen MR) is 68.8 cm³/mol. The highest BCUT2D eigenvalue weighted by Gasteiger charge is 2.32. The summed E-state index contributed by atoms with van der Waals surface area (Å²) < 4.78 is 0. The van der Waals surface area contributed by atoms with Crippen LogP contribution in [0.5, 0.6) is 0 Å². The van der Waals surface area contributed by atoms with Crippen LogP contribution in [0.4, 0.5) is 11.9 Å². The molecule has 1 unspecified atom stereocenters. The molecule has 0 bridgehead atoms. The Balaban J connectivity index is 2.15. The molecular weight excluding hydrogens is 272 g/mol. The molecule has 1 aliphatic heterocycles. The van der Waals surface area contributed by atoms with E-state index >= 15 is 0 Å². The zero-order valence-corrected chi connectivity index (χ0v) is 11.2. The van der Waals surface area contributed by atoms with Crippen molar-refractivity contribution in [2.75, 3.05) is 24.7 Å². The van der Waals surface area contributed by atoms with Crippen LogP contribution in [0.2, 0.25) is 5.28 Å². The van der Waals surface area contributed by atoms with E-state index in [4.69, 9.17) is 11.6 Å². The van der Waals surface area contributed by atoms with Gasteiger partial charge in [0, 0.05) is 20.5 Å². The lowest BCUT2D eigenvalue weighted by atomic mass is 10.1. The van der Waals surface area contributed by atoms with Gasteiger partial charge >= 0.3 is 0 Å². The summed E-state index contributed by atoms with van der Waals surface area (Å²) in [6.07, 6.45) is 0.706. The average Bonchev–Trinajstić information content (AvgIpc) is 2.39. The summed E-state index contributed by atoms with van der Waals surface area (Å²) in [5, 5.41) is 5.63. The normalized spacial score (nSPS) is 19.5. The van der Waals surface area contributed by atoms with Crippen molar-refractivity contribution < 1.29 is 9.59 Å². The van der Waals surface area contributed by atoms with E-state index in [-0.39, 0.29) is 23.0 Å². The van der Waals surface area contributed by atoms with E-state index < -0.39 is 6.04 Å². The molecule has 1 aromatic rings. The summed E-state index contributed by atoms with van der Waals surface area (Å²) in [5.74, 6) is 0.00655. The minimum Gasteiger partial charge on any atom is -0.357 e. The molecule has 2 rings (SSSR count). The van der Waals surface area contributed by atoms with Crippen molar-refractivity contribution >= 4 is 35.3 Å². The molecule has 1 fully saturated rings. The summed E-state index contributed by atoms with van der Waals surface area (Å²) in [6, 6.07) is -0.536. The number of rotatable bonds is 3. The van der Waals surface area contributed by atoms with Crippen LogP contribution in [0.15, 0.2) is 0 Å². The van der Waals surface area contributed by atoms with Crippen LogP contribution in [-0.4, -0.2) is 51.8 Å². The number of carbonyl (C=O) groups is 2. The molecule has 0 spiro atoms. The second-order valence-electron chi connectivity index (χ2n) is 4.03. The molecule has 19 heavy (non-hydrogen) atoms. The number of likely N-dealkylation sites (tertiary alicyclic amines) is 1. The molecule has 102 valence electrons. The van der Waals surface area contributed by atoms with Crippen molar-refractivity contribution in [1.29, 1.82) is 0 Å². The topological polar surface area (TPSA) is 100 Å². The lowest BCUT2D eigenvalue weighted by Crippen LogP contribution is -2.48. The van der Waals surface area contributed by atoms with Gasteiger partial charge in [-0.05, 0) is 18.0 Å². The molecule has 9 heteroatoms. The highest BCUT2D eigenvalue weighted by molar-refractivity contribution is 6.28. The monoisotopic (exact) mass is 284 g/mol. The number of hydrogen-bond acceptors (Lipinski definition) is 7. The number of hydrogen-bond donors (Lipinski definition) is 2. The third kappa shape index (κ3) is 2.90. The third-order valence-corrected chi connectivity index (χ3v) is 2.95. The van der Waals surface area contributed by atoms with Gasteiger partial charge in [0.25, 0.3) is 5.91 Å². The highest BCUT2D eigenvalue weighted by atomic mass is 35.5. The molecule has 0 aliphatic carbocycles. The van der Waals surface area contributed by atoms with Crippen molar-refractivity contribution in [2.45, 2.75) is 18.9 Å². The molecule has 1 aromatic heterocycles. The Morgan fingerprint density at radius 3 is 2.63 bits per heavy atom. The van der Waals surface area contributed by atoms with Gasteiger partial charge in [0.05, 0.1) is 0 Å². The number of nitrogens with one attached hydrogen (secondary N) is 2. The van der Waals surface area contributed by atoms with Gasteiger partial charge in [0.15, 0.2) is 0 Å². The zero-order chi connectivity index (χ0) is 14.0. The molecule has 2 heterocycles. The Labute approximate surface area is 114 Å². The van der Waals surface area contributed by atoms with Gasteiger partial charge in [-0.1, -0.05) is 0 Å². The fraction of sp³-hybridized carbons (Fsp3) is 0.500. The fourth-order valence-electron chi connectivity index (χ4n) is 1.73. The molecular formula is C10H13ClN6O2. The number of aromatic nitrogens is 3. The van der Waals surface area contributed by atoms with Crippen molar-refractivity contribution in [3.05, 3.63) is 5.28 Å². The fourth-order valence-corrected chi connectivity index (χ4v) is 1.89. The van der Waals surface area contributed by atoms with Gasteiger partial charge in [0.2, 0.25) is 23.1 Å². The number of amides is 2. The number of carbonyl (C=O) groups excluding carboxylic acids is 2. The van der Waals surface area contributed by atoms with Crippen molar-refractivity contribution in [2.24, 2.45) is 0 Å². The first-order valence-corrected chi connectivity index (χ1v) is 6.05. The number of nitrogens with zero attached hydrogens (tertiary/aromatic N) is 4. The molecule has 1 aliphatic rings. The standard InChI is InChI=1S/C10H13ClN6O2/c1-12-9-14-8(11)15-10(16-9)13-5-3-4-6(18)17(2)7(5)19/h5H,3-4H2,1-2H3,(H2,12,13,14,15,16). The minimum atomic E-state index is -0.536. The van der Waals surface area contributed by atoms with Crippen LogP contribution in [0.3, 0.4) is 0 Å². The third-order valence-electron chi connectivity index (χ3n) is 2.78. The predicted octanol–water partition coefficient (Wildman–Crippen LogP) is 0.126. The quantitative estimate of drug-likeness (QED) is 0.761. The second-order valence-corrected chi connectivity index (χ2v) is 4.37. The maximum atomic E-state index is 11.9. The van der Waals surface area contributed by atoms with E-state index in [9.17, 15) is 9.59 Å². The van der Waals surface area contributed by atoms with E-state index in [2.05, 4.69) is 25.6 Å². The Morgan fingerprint density at radius 1 is 1.26 bits per heavy atom. The maximum absolute atomic E-state index is 11.9. The molecule has 1 saturated heterocycles.